The third-order valence-corrected chi connectivity index (χ3v) is 2.48. The Morgan fingerprint density at radius 3 is 2.76 bits per heavy atom. The van der Waals surface area contributed by atoms with Gasteiger partial charge in [-0.3, -0.25) is 4.79 Å². The van der Waals surface area contributed by atoms with Crippen LogP contribution >= 0.6 is 11.8 Å². The summed E-state index contributed by atoms with van der Waals surface area (Å²) in [6, 6.07) is 3.30. The van der Waals surface area contributed by atoms with E-state index in [9.17, 15) is 14.0 Å². The van der Waals surface area contributed by atoms with Crippen LogP contribution < -0.4 is 0 Å². The minimum absolute atomic E-state index is 0.0493. The van der Waals surface area contributed by atoms with E-state index in [2.05, 4.69) is 11.8 Å². The Hall–Kier alpha value is -1.80. The van der Waals surface area contributed by atoms with Crippen LogP contribution in [-0.2, 0) is 4.79 Å². The van der Waals surface area contributed by atoms with E-state index >= 15 is 0 Å². The van der Waals surface area contributed by atoms with E-state index in [1.165, 1.54) is 13.0 Å². The number of thioether (sulfide) groups is 1. The first kappa shape index (κ1) is 13.3. The van der Waals surface area contributed by atoms with Crippen molar-refractivity contribution in [2.75, 3.05) is 5.75 Å². The maximum atomic E-state index is 12.9. The zero-order valence-electron chi connectivity index (χ0n) is 8.99. The topological polar surface area (TPSA) is 54.4 Å². The smallest absolute Gasteiger partial charge is 0.336 e. The molecule has 5 heteroatoms. The first-order valence-electron chi connectivity index (χ1n) is 4.66. The number of aromatic carboxylic acids is 1. The molecular weight excluding hydrogens is 243 g/mol. The van der Waals surface area contributed by atoms with Crippen LogP contribution in [0.5, 0.6) is 0 Å². The average Bonchev–Trinajstić information content (AvgIpc) is 2.23. The quantitative estimate of drug-likeness (QED) is 0.819. The molecule has 0 atom stereocenters. The maximum absolute atomic E-state index is 12.9. The molecule has 1 aromatic rings. The molecule has 0 saturated carbocycles. The van der Waals surface area contributed by atoms with Crippen molar-refractivity contribution < 1.29 is 19.1 Å². The number of carbonyl (C=O) groups is 2. The molecule has 0 unspecified atom stereocenters. The van der Waals surface area contributed by atoms with Crippen molar-refractivity contribution in [1.82, 2.24) is 0 Å². The van der Waals surface area contributed by atoms with Crippen LogP contribution in [0, 0.1) is 17.7 Å². The second-order valence-corrected chi connectivity index (χ2v) is 4.23. The minimum atomic E-state index is -1.16. The predicted octanol–water partition coefficient (Wildman–Crippen LogP) is 2.16. The van der Waals surface area contributed by atoms with Crippen molar-refractivity contribution in [3.8, 4) is 11.8 Å². The summed E-state index contributed by atoms with van der Waals surface area (Å²) in [7, 11) is 0. The van der Waals surface area contributed by atoms with Gasteiger partial charge in [0.15, 0.2) is 5.12 Å². The molecule has 17 heavy (non-hydrogen) atoms. The van der Waals surface area contributed by atoms with Gasteiger partial charge in [0.1, 0.15) is 5.82 Å². The van der Waals surface area contributed by atoms with Gasteiger partial charge in [-0.25, -0.2) is 9.18 Å². The van der Waals surface area contributed by atoms with Crippen molar-refractivity contribution >= 4 is 22.8 Å². The van der Waals surface area contributed by atoms with E-state index in [1.54, 1.807) is 0 Å². The summed E-state index contributed by atoms with van der Waals surface area (Å²) in [6.45, 7) is 1.41. The largest absolute Gasteiger partial charge is 0.478 e. The molecule has 0 bridgehead atoms. The number of carbonyl (C=O) groups excluding carboxylic acids is 1. The van der Waals surface area contributed by atoms with E-state index in [0.29, 0.717) is 0 Å². The van der Waals surface area contributed by atoms with Gasteiger partial charge < -0.3 is 5.11 Å². The van der Waals surface area contributed by atoms with Gasteiger partial charge in [-0.15, -0.1) is 0 Å². The number of carboxylic acids is 1. The summed E-state index contributed by atoms with van der Waals surface area (Å²) >= 11 is 1.02. The summed E-state index contributed by atoms with van der Waals surface area (Å²) in [4.78, 5) is 21.4. The van der Waals surface area contributed by atoms with Gasteiger partial charge in [0.2, 0.25) is 0 Å². The average molecular weight is 252 g/mol. The van der Waals surface area contributed by atoms with Crippen LogP contribution in [0.1, 0.15) is 22.8 Å². The fourth-order valence-corrected chi connectivity index (χ4v) is 1.42. The van der Waals surface area contributed by atoms with Gasteiger partial charge in [-0.05, 0) is 18.2 Å². The second-order valence-electron chi connectivity index (χ2n) is 3.08. The lowest BCUT2D eigenvalue weighted by Gasteiger charge is -1.98. The molecule has 0 aromatic heterocycles. The molecule has 0 radical (unpaired) electrons. The SMILES string of the molecule is CC(=O)SCC#Cc1cc(F)ccc1C(=O)O. The molecule has 0 saturated heterocycles. The Morgan fingerprint density at radius 1 is 1.47 bits per heavy atom. The van der Waals surface area contributed by atoms with E-state index < -0.39 is 11.8 Å². The van der Waals surface area contributed by atoms with E-state index in [0.717, 1.165) is 23.9 Å². The standard InChI is InChI=1S/C12H9FO3S/c1-8(14)17-6-2-3-9-7-10(13)4-5-11(9)12(15)16/h4-5,7H,6H2,1H3,(H,15,16). The van der Waals surface area contributed by atoms with Crippen molar-refractivity contribution in [2.24, 2.45) is 0 Å². The number of hydrogen-bond acceptors (Lipinski definition) is 3. The Kier molecular flexibility index (Phi) is 4.73. The third-order valence-electron chi connectivity index (χ3n) is 1.78. The van der Waals surface area contributed by atoms with Crippen molar-refractivity contribution in [2.45, 2.75) is 6.92 Å². The Morgan fingerprint density at radius 2 is 2.18 bits per heavy atom. The minimum Gasteiger partial charge on any atom is -0.478 e. The molecule has 88 valence electrons. The molecular formula is C12H9FO3S. The fraction of sp³-hybridized carbons (Fsp3) is 0.167. The van der Waals surface area contributed by atoms with Crippen molar-refractivity contribution in [3.05, 3.63) is 35.1 Å². The highest BCUT2D eigenvalue weighted by Gasteiger charge is 2.08. The highest BCUT2D eigenvalue weighted by atomic mass is 32.2. The summed E-state index contributed by atoms with van der Waals surface area (Å²) < 4.78 is 12.9. The van der Waals surface area contributed by atoms with Crippen molar-refractivity contribution in [3.63, 3.8) is 0 Å². The third kappa shape index (κ3) is 4.29. The van der Waals surface area contributed by atoms with Gasteiger partial charge in [0.05, 0.1) is 11.3 Å². The molecule has 0 amide bonds. The lowest BCUT2D eigenvalue weighted by molar-refractivity contribution is -0.109. The highest BCUT2D eigenvalue weighted by Crippen LogP contribution is 2.10. The van der Waals surface area contributed by atoms with Gasteiger partial charge >= 0.3 is 5.97 Å². The fourth-order valence-electron chi connectivity index (χ4n) is 1.08. The molecule has 1 rings (SSSR count). The zero-order valence-corrected chi connectivity index (χ0v) is 9.81. The first-order valence-corrected chi connectivity index (χ1v) is 5.64. The molecule has 0 aliphatic heterocycles. The summed E-state index contributed by atoms with van der Waals surface area (Å²) in [5.41, 5.74) is 0.0633. The van der Waals surface area contributed by atoms with Gasteiger partial charge in [-0.1, -0.05) is 23.6 Å². The number of rotatable bonds is 2. The van der Waals surface area contributed by atoms with E-state index in [4.69, 9.17) is 5.11 Å². The Balaban J connectivity index is 2.92. The second kappa shape index (κ2) is 6.06. The van der Waals surface area contributed by atoms with E-state index in [-0.39, 0.29) is 22.0 Å². The maximum Gasteiger partial charge on any atom is 0.336 e. The summed E-state index contributed by atoms with van der Waals surface area (Å²) in [5, 5.41) is 8.78. The van der Waals surface area contributed by atoms with E-state index in [1.807, 2.05) is 0 Å². The lowest BCUT2D eigenvalue weighted by atomic mass is 10.1. The van der Waals surface area contributed by atoms with Gasteiger partial charge in [0, 0.05) is 12.5 Å². The number of halogens is 1. The molecule has 1 N–H and O–H groups in total. The molecule has 3 nitrogen and oxygen atoms in total. The van der Waals surface area contributed by atoms with Crippen molar-refractivity contribution in [1.29, 1.82) is 0 Å². The predicted molar refractivity (Wildman–Crippen MR) is 63.4 cm³/mol. The molecule has 0 aliphatic carbocycles. The normalized spacial score (nSPS) is 9.29. The van der Waals surface area contributed by atoms with Gasteiger partial charge in [0.25, 0.3) is 0 Å². The molecule has 1 aromatic carbocycles. The molecule has 0 spiro atoms. The van der Waals surface area contributed by atoms with Crippen LogP contribution in [0.3, 0.4) is 0 Å². The molecule has 0 aliphatic rings. The van der Waals surface area contributed by atoms with Gasteiger partial charge in [-0.2, -0.15) is 0 Å². The molecule has 0 heterocycles. The highest BCUT2D eigenvalue weighted by molar-refractivity contribution is 8.13. The number of benzene rings is 1. The number of hydrogen-bond donors (Lipinski definition) is 1. The van der Waals surface area contributed by atoms with Crippen LogP contribution in [0.15, 0.2) is 18.2 Å². The van der Waals surface area contributed by atoms with Crippen LogP contribution in [-0.4, -0.2) is 21.9 Å². The van der Waals surface area contributed by atoms with Crippen LogP contribution in [0.2, 0.25) is 0 Å². The zero-order chi connectivity index (χ0) is 12.8. The summed E-state index contributed by atoms with van der Waals surface area (Å²) in [6.07, 6.45) is 0. The van der Waals surface area contributed by atoms with Crippen LogP contribution in [0.25, 0.3) is 0 Å². The Bertz CT molecular complexity index is 514. The molecule has 0 fully saturated rings. The van der Waals surface area contributed by atoms with Crippen LogP contribution in [0.4, 0.5) is 4.39 Å². The Labute approximate surface area is 102 Å². The monoisotopic (exact) mass is 252 g/mol. The number of carboxylic acid groups (broad SMARTS) is 1. The first-order chi connectivity index (χ1) is 8.00. The summed E-state index contributed by atoms with van der Waals surface area (Å²) in [5.74, 6) is 3.72. The lowest BCUT2D eigenvalue weighted by Crippen LogP contribution is -2.00.